The Balaban J connectivity index is 1.82. The summed E-state index contributed by atoms with van der Waals surface area (Å²) in [6.45, 7) is 4.47. The predicted molar refractivity (Wildman–Crippen MR) is 101 cm³/mol. The minimum Gasteiger partial charge on any atom is -0.351 e. The molecule has 0 saturated heterocycles. The van der Waals surface area contributed by atoms with Gasteiger partial charge in [0, 0.05) is 24.0 Å². The van der Waals surface area contributed by atoms with Gasteiger partial charge in [0.25, 0.3) is 5.91 Å². The normalized spacial score (nSPS) is 15.0. The average Bonchev–Trinajstić information content (AvgIpc) is 2.63. The smallest absolute Gasteiger partial charge is 0.277 e. The second-order valence-corrected chi connectivity index (χ2v) is 6.58. The highest BCUT2D eigenvalue weighted by molar-refractivity contribution is 6.04. The summed E-state index contributed by atoms with van der Waals surface area (Å²) in [6.07, 6.45) is 6.08. The van der Waals surface area contributed by atoms with Gasteiger partial charge in [0.15, 0.2) is 0 Å². The average molecular weight is 338 g/mol. The van der Waals surface area contributed by atoms with Gasteiger partial charge in [-0.15, -0.1) is 0 Å². The van der Waals surface area contributed by atoms with Crippen molar-refractivity contribution in [1.29, 1.82) is 0 Å². The molecule has 5 heteroatoms. The van der Waals surface area contributed by atoms with Crippen LogP contribution in [0.3, 0.4) is 0 Å². The zero-order valence-electron chi connectivity index (χ0n) is 15.0. The number of carbonyl (C=O) groups excluding carboxylic acids is 1. The third-order valence-electron chi connectivity index (χ3n) is 4.64. The van der Waals surface area contributed by atoms with Crippen LogP contribution >= 0.6 is 0 Å². The van der Waals surface area contributed by atoms with Crippen molar-refractivity contribution in [3.63, 3.8) is 0 Å². The number of hydrogen-bond donors (Lipinski definition) is 1. The molecule has 132 valence electrons. The molecule has 0 radical (unpaired) electrons. The van der Waals surface area contributed by atoms with E-state index in [0.29, 0.717) is 24.2 Å². The van der Waals surface area contributed by atoms with Crippen molar-refractivity contribution in [3.05, 3.63) is 47.8 Å². The first-order valence-corrected chi connectivity index (χ1v) is 9.16. The van der Waals surface area contributed by atoms with Gasteiger partial charge in [0.05, 0.1) is 0 Å². The quantitative estimate of drug-likeness (QED) is 0.888. The Labute approximate surface area is 149 Å². The highest BCUT2D eigenvalue weighted by Crippen LogP contribution is 2.21. The largest absolute Gasteiger partial charge is 0.351 e. The van der Waals surface area contributed by atoms with E-state index in [2.05, 4.69) is 15.3 Å². The molecule has 0 aliphatic heterocycles. The molecule has 1 fully saturated rings. The van der Waals surface area contributed by atoms with Crippen LogP contribution in [0.2, 0.25) is 0 Å². The van der Waals surface area contributed by atoms with Crippen LogP contribution in [0.15, 0.2) is 36.4 Å². The van der Waals surface area contributed by atoms with Gasteiger partial charge < -0.3 is 10.2 Å². The lowest BCUT2D eigenvalue weighted by Crippen LogP contribution is -2.32. The number of benzene rings is 1. The van der Waals surface area contributed by atoms with Crippen molar-refractivity contribution >= 4 is 17.5 Å². The summed E-state index contributed by atoms with van der Waals surface area (Å²) in [6, 6.07) is 11.9. The van der Waals surface area contributed by atoms with Crippen LogP contribution in [0.5, 0.6) is 0 Å². The molecule has 1 saturated carbocycles. The number of carbonyl (C=O) groups is 1. The van der Waals surface area contributed by atoms with Crippen LogP contribution in [-0.2, 0) is 0 Å². The first kappa shape index (κ1) is 17.4. The van der Waals surface area contributed by atoms with Crippen molar-refractivity contribution < 1.29 is 4.79 Å². The van der Waals surface area contributed by atoms with E-state index in [0.717, 1.165) is 24.2 Å². The van der Waals surface area contributed by atoms with Gasteiger partial charge >= 0.3 is 0 Å². The molecular formula is C20H26N4O. The van der Waals surface area contributed by atoms with Gasteiger partial charge in [-0.05, 0) is 44.9 Å². The maximum atomic E-state index is 13.0. The Morgan fingerprint density at radius 3 is 2.56 bits per heavy atom. The van der Waals surface area contributed by atoms with Crippen LogP contribution in [0.25, 0.3) is 0 Å². The number of anilines is 2. The Bertz CT molecular complexity index is 711. The number of nitrogens with zero attached hydrogens (tertiary/aromatic N) is 3. The fourth-order valence-electron chi connectivity index (χ4n) is 3.36. The van der Waals surface area contributed by atoms with E-state index in [1.54, 1.807) is 11.0 Å². The van der Waals surface area contributed by atoms with E-state index < -0.39 is 0 Å². The molecule has 0 spiro atoms. The highest BCUT2D eigenvalue weighted by atomic mass is 16.2. The van der Waals surface area contributed by atoms with Crippen LogP contribution in [-0.4, -0.2) is 28.5 Å². The molecule has 1 N–H and O–H groups in total. The molecule has 25 heavy (non-hydrogen) atoms. The summed E-state index contributed by atoms with van der Waals surface area (Å²) in [5.74, 6) is 0.477. The summed E-state index contributed by atoms with van der Waals surface area (Å²) < 4.78 is 0. The summed E-state index contributed by atoms with van der Waals surface area (Å²) in [4.78, 5) is 23.7. The molecule has 1 aliphatic carbocycles. The lowest BCUT2D eigenvalue weighted by Gasteiger charge is -2.24. The van der Waals surface area contributed by atoms with E-state index in [1.807, 2.05) is 44.2 Å². The molecule has 3 rings (SSSR count). The van der Waals surface area contributed by atoms with Gasteiger partial charge in [-0.1, -0.05) is 37.5 Å². The molecule has 1 amide bonds. The van der Waals surface area contributed by atoms with Gasteiger partial charge in [-0.2, -0.15) is 0 Å². The first-order chi connectivity index (χ1) is 12.2. The maximum absolute atomic E-state index is 13.0. The lowest BCUT2D eigenvalue weighted by atomic mass is 9.96. The molecule has 0 bridgehead atoms. The minimum absolute atomic E-state index is 0.0918. The van der Waals surface area contributed by atoms with Gasteiger partial charge in [-0.3, -0.25) is 4.79 Å². The Kier molecular flexibility index (Phi) is 5.64. The second kappa shape index (κ2) is 8.10. The third kappa shape index (κ3) is 4.35. The summed E-state index contributed by atoms with van der Waals surface area (Å²) in [5, 5.41) is 3.42. The van der Waals surface area contributed by atoms with Crippen LogP contribution in [0.1, 0.15) is 55.2 Å². The van der Waals surface area contributed by atoms with E-state index in [1.165, 1.54) is 19.3 Å². The molecule has 0 atom stereocenters. The number of amides is 1. The molecular weight excluding hydrogens is 312 g/mol. The third-order valence-corrected chi connectivity index (χ3v) is 4.64. The van der Waals surface area contributed by atoms with Gasteiger partial charge in [0.1, 0.15) is 5.69 Å². The zero-order chi connectivity index (χ0) is 17.6. The van der Waals surface area contributed by atoms with E-state index in [9.17, 15) is 4.79 Å². The SMILES string of the molecule is CCN(C(=O)c1cc(C)nc(NC2CCCCC2)n1)c1ccccc1. The number of hydrogen-bond acceptors (Lipinski definition) is 4. The Hall–Kier alpha value is -2.43. The van der Waals surface area contributed by atoms with Crippen molar-refractivity contribution in [2.75, 3.05) is 16.8 Å². The zero-order valence-corrected chi connectivity index (χ0v) is 15.0. The molecule has 2 aromatic rings. The topological polar surface area (TPSA) is 58.1 Å². The van der Waals surface area contributed by atoms with Crippen LogP contribution < -0.4 is 10.2 Å². The molecule has 5 nitrogen and oxygen atoms in total. The van der Waals surface area contributed by atoms with Gasteiger partial charge in [0.2, 0.25) is 5.95 Å². The lowest BCUT2D eigenvalue weighted by molar-refractivity contribution is 0.0983. The van der Waals surface area contributed by atoms with Crippen molar-refractivity contribution in [2.45, 2.75) is 52.0 Å². The summed E-state index contributed by atoms with van der Waals surface area (Å²) in [7, 11) is 0. The first-order valence-electron chi connectivity index (χ1n) is 9.16. The molecule has 1 heterocycles. The number of rotatable bonds is 5. The van der Waals surface area contributed by atoms with Gasteiger partial charge in [-0.25, -0.2) is 9.97 Å². The highest BCUT2D eigenvalue weighted by Gasteiger charge is 2.20. The van der Waals surface area contributed by atoms with Crippen LogP contribution in [0.4, 0.5) is 11.6 Å². The second-order valence-electron chi connectivity index (χ2n) is 6.58. The fraction of sp³-hybridized carbons (Fsp3) is 0.450. The molecule has 1 aromatic heterocycles. The molecule has 1 aromatic carbocycles. The molecule has 1 aliphatic rings. The monoisotopic (exact) mass is 338 g/mol. The predicted octanol–water partition coefficient (Wildman–Crippen LogP) is 4.20. The number of nitrogens with one attached hydrogen (secondary N) is 1. The number of aromatic nitrogens is 2. The van der Waals surface area contributed by atoms with E-state index >= 15 is 0 Å². The summed E-state index contributed by atoms with van der Waals surface area (Å²) in [5.41, 5.74) is 2.13. The Morgan fingerprint density at radius 2 is 1.88 bits per heavy atom. The van der Waals surface area contributed by atoms with Crippen LogP contribution in [0, 0.1) is 6.92 Å². The van der Waals surface area contributed by atoms with E-state index in [-0.39, 0.29) is 5.91 Å². The maximum Gasteiger partial charge on any atom is 0.277 e. The summed E-state index contributed by atoms with van der Waals surface area (Å²) >= 11 is 0. The standard InChI is InChI=1S/C20H26N4O/c1-3-24(17-12-8-5-9-13-17)19(25)18-14-15(2)21-20(23-18)22-16-10-6-4-7-11-16/h5,8-9,12-14,16H,3-4,6-7,10-11H2,1-2H3,(H,21,22,23). The van der Waals surface area contributed by atoms with Crippen molar-refractivity contribution in [1.82, 2.24) is 9.97 Å². The van der Waals surface area contributed by atoms with Crippen molar-refractivity contribution in [3.8, 4) is 0 Å². The fourth-order valence-corrected chi connectivity index (χ4v) is 3.36. The molecule has 0 unspecified atom stereocenters. The van der Waals surface area contributed by atoms with E-state index in [4.69, 9.17) is 0 Å². The van der Waals surface area contributed by atoms with Crippen molar-refractivity contribution in [2.24, 2.45) is 0 Å². The Morgan fingerprint density at radius 1 is 1.16 bits per heavy atom. The number of para-hydroxylation sites is 1. The number of aryl methyl sites for hydroxylation is 1. The minimum atomic E-state index is -0.0918.